The lowest BCUT2D eigenvalue weighted by atomic mass is 10.2. The number of carboxylic acids is 1. The molecule has 0 atom stereocenters. The lowest BCUT2D eigenvalue weighted by molar-refractivity contribution is -0.139. The van der Waals surface area contributed by atoms with Gasteiger partial charge in [0, 0.05) is 6.07 Å². The van der Waals surface area contributed by atoms with E-state index in [4.69, 9.17) is 19.8 Å². The summed E-state index contributed by atoms with van der Waals surface area (Å²) in [6, 6.07) is 3.65. The second-order valence-electron chi connectivity index (χ2n) is 2.78. The molecular weight excluding hydrogens is 217 g/mol. The van der Waals surface area contributed by atoms with Crippen LogP contribution in [0, 0.1) is 17.1 Å². The second kappa shape index (κ2) is 4.98. The van der Waals surface area contributed by atoms with Gasteiger partial charge in [-0.1, -0.05) is 0 Å². The van der Waals surface area contributed by atoms with E-state index in [0.717, 1.165) is 12.1 Å². The first-order chi connectivity index (χ1) is 7.58. The highest BCUT2D eigenvalue weighted by Gasteiger charge is 2.14. The van der Waals surface area contributed by atoms with Crippen LogP contribution in [0.5, 0.6) is 11.5 Å². The Morgan fingerprint density at radius 2 is 2.31 bits per heavy atom. The molecule has 0 radical (unpaired) electrons. The van der Waals surface area contributed by atoms with Gasteiger partial charge in [0.05, 0.1) is 7.11 Å². The topological polar surface area (TPSA) is 79.5 Å². The minimum absolute atomic E-state index is 0.0159. The van der Waals surface area contributed by atoms with Crippen LogP contribution in [-0.4, -0.2) is 24.8 Å². The number of halogens is 1. The van der Waals surface area contributed by atoms with Gasteiger partial charge in [-0.25, -0.2) is 9.18 Å². The summed E-state index contributed by atoms with van der Waals surface area (Å²) in [4.78, 5) is 10.3. The van der Waals surface area contributed by atoms with Crippen LogP contribution in [0.2, 0.25) is 0 Å². The maximum Gasteiger partial charge on any atom is 0.341 e. The van der Waals surface area contributed by atoms with Crippen LogP contribution in [-0.2, 0) is 4.79 Å². The number of ether oxygens (including phenoxy) is 2. The van der Waals surface area contributed by atoms with Crippen molar-refractivity contribution in [3.8, 4) is 17.6 Å². The number of aliphatic carboxylic acids is 1. The van der Waals surface area contributed by atoms with Gasteiger partial charge in [0.25, 0.3) is 0 Å². The van der Waals surface area contributed by atoms with Crippen LogP contribution in [0.15, 0.2) is 12.1 Å². The van der Waals surface area contributed by atoms with Crippen molar-refractivity contribution in [3.05, 3.63) is 23.5 Å². The molecule has 0 aliphatic carbocycles. The van der Waals surface area contributed by atoms with Crippen molar-refractivity contribution >= 4 is 5.97 Å². The summed E-state index contributed by atoms with van der Waals surface area (Å²) >= 11 is 0. The van der Waals surface area contributed by atoms with E-state index in [9.17, 15) is 9.18 Å². The summed E-state index contributed by atoms with van der Waals surface area (Å²) in [5.41, 5.74) is -0.113. The van der Waals surface area contributed by atoms with E-state index < -0.39 is 18.4 Å². The molecule has 0 heterocycles. The fraction of sp³-hybridized carbons (Fsp3) is 0.200. The molecule has 1 aromatic rings. The zero-order chi connectivity index (χ0) is 12.1. The molecule has 1 rings (SSSR count). The highest BCUT2D eigenvalue weighted by atomic mass is 19.1. The number of rotatable bonds is 4. The van der Waals surface area contributed by atoms with Gasteiger partial charge < -0.3 is 14.6 Å². The Balaban J connectivity index is 3.13. The van der Waals surface area contributed by atoms with Crippen LogP contribution in [0.25, 0.3) is 0 Å². The van der Waals surface area contributed by atoms with Crippen LogP contribution in [0.4, 0.5) is 4.39 Å². The molecule has 0 bridgehead atoms. The van der Waals surface area contributed by atoms with E-state index in [1.807, 2.05) is 0 Å². The van der Waals surface area contributed by atoms with Crippen molar-refractivity contribution in [1.82, 2.24) is 0 Å². The third-order valence-electron chi connectivity index (χ3n) is 1.70. The Labute approximate surface area is 90.6 Å². The fourth-order valence-electron chi connectivity index (χ4n) is 1.09. The minimum Gasteiger partial charge on any atom is -0.493 e. The molecule has 0 fully saturated rings. The average Bonchev–Trinajstić information content (AvgIpc) is 2.25. The molecular formula is C10H8FNO4. The summed E-state index contributed by atoms with van der Waals surface area (Å²) in [5.74, 6) is -1.95. The Morgan fingerprint density at radius 1 is 1.62 bits per heavy atom. The van der Waals surface area contributed by atoms with Gasteiger partial charge in [0.2, 0.25) is 0 Å². The highest BCUT2D eigenvalue weighted by molar-refractivity contribution is 5.69. The number of benzene rings is 1. The smallest absolute Gasteiger partial charge is 0.341 e. The van der Waals surface area contributed by atoms with Crippen LogP contribution in [0.1, 0.15) is 5.56 Å². The predicted molar refractivity (Wildman–Crippen MR) is 50.8 cm³/mol. The van der Waals surface area contributed by atoms with Gasteiger partial charge in [-0.05, 0) is 6.07 Å². The zero-order valence-corrected chi connectivity index (χ0v) is 8.36. The van der Waals surface area contributed by atoms with Gasteiger partial charge in [0.1, 0.15) is 17.4 Å². The largest absolute Gasteiger partial charge is 0.493 e. The van der Waals surface area contributed by atoms with Gasteiger partial charge >= 0.3 is 5.97 Å². The predicted octanol–water partition coefficient (Wildman–Crippen LogP) is 1.17. The van der Waals surface area contributed by atoms with Crippen molar-refractivity contribution in [1.29, 1.82) is 5.26 Å². The van der Waals surface area contributed by atoms with Gasteiger partial charge in [-0.2, -0.15) is 5.26 Å². The molecule has 84 valence electrons. The fourth-order valence-corrected chi connectivity index (χ4v) is 1.09. The van der Waals surface area contributed by atoms with Crippen LogP contribution in [0.3, 0.4) is 0 Å². The minimum atomic E-state index is -1.20. The van der Waals surface area contributed by atoms with Crippen LogP contribution >= 0.6 is 0 Å². The lowest BCUT2D eigenvalue weighted by Crippen LogP contribution is -2.11. The number of nitrogens with zero attached hydrogens (tertiary/aromatic N) is 1. The molecule has 0 spiro atoms. The zero-order valence-electron chi connectivity index (χ0n) is 8.36. The molecule has 0 aliphatic rings. The summed E-state index contributed by atoms with van der Waals surface area (Å²) in [6.07, 6.45) is 0. The standard InChI is InChI=1S/C10H8FNO4/c1-15-8-3-7(11)2-6(4-12)10(8)16-5-9(13)14/h2-3H,5H2,1H3,(H,13,14). The van der Waals surface area contributed by atoms with Crippen molar-refractivity contribution in [2.45, 2.75) is 0 Å². The molecule has 16 heavy (non-hydrogen) atoms. The molecule has 1 aromatic carbocycles. The summed E-state index contributed by atoms with van der Waals surface area (Å²) in [7, 11) is 1.27. The normalized spacial score (nSPS) is 9.31. The number of carboxylic acid groups (broad SMARTS) is 1. The Kier molecular flexibility index (Phi) is 3.67. The highest BCUT2D eigenvalue weighted by Crippen LogP contribution is 2.31. The monoisotopic (exact) mass is 225 g/mol. The first-order valence-electron chi connectivity index (χ1n) is 4.20. The first-order valence-corrected chi connectivity index (χ1v) is 4.20. The van der Waals surface area contributed by atoms with E-state index in [1.54, 1.807) is 6.07 Å². The van der Waals surface area contributed by atoms with Crippen molar-refractivity contribution < 1.29 is 23.8 Å². The number of carbonyl (C=O) groups is 1. The summed E-state index contributed by atoms with van der Waals surface area (Å²) in [5, 5.41) is 17.2. The molecule has 0 saturated carbocycles. The molecule has 1 N–H and O–H groups in total. The van der Waals surface area contributed by atoms with E-state index >= 15 is 0 Å². The molecule has 0 unspecified atom stereocenters. The van der Waals surface area contributed by atoms with E-state index in [2.05, 4.69) is 0 Å². The van der Waals surface area contributed by atoms with Crippen molar-refractivity contribution in [2.75, 3.05) is 13.7 Å². The number of nitriles is 1. The van der Waals surface area contributed by atoms with Gasteiger partial charge in [-0.15, -0.1) is 0 Å². The maximum atomic E-state index is 13.0. The van der Waals surface area contributed by atoms with E-state index in [1.165, 1.54) is 7.11 Å². The van der Waals surface area contributed by atoms with Gasteiger partial charge in [0.15, 0.2) is 18.1 Å². The maximum absolute atomic E-state index is 13.0. The first kappa shape index (κ1) is 11.8. The third kappa shape index (κ3) is 2.60. The summed E-state index contributed by atoms with van der Waals surface area (Å²) in [6.45, 7) is -0.628. The second-order valence-corrected chi connectivity index (χ2v) is 2.78. The van der Waals surface area contributed by atoms with Crippen molar-refractivity contribution in [2.24, 2.45) is 0 Å². The molecule has 0 aliphatic heterocycles. The Hall–Kier alpha value is -2.29. The quantitative estimate of drug-likeness (QED) is 0.831. The number of hydrogen-bond donors (Lipinski definition) is 1. The van der Waals surface area contributed by atoms with E-state index in [-0.39, 0.29) is 17.1 Å². The molecule has 6 heteroatoms. The Morgan fingerprint density at radius 3 is 2.81 bits per heavy atom. The van der Waals surface area contributed by atoms with Crippen LogP contribution < -0.4 is 9.47 Å². The third-order valence-corrected chi connectivity index (χ3v) is 1.70. The molecule has 5 nitrogen and oxygen atoms in total. The van der Waals surface area contributed by atoms with E-state index in [0.29, 0.717) is 0 Å². The van der Waals surface area contributed by atoms with Gasteiger partial charge in [-0.3, -0.25) is 0 Å². The SMILES string of the molecule is COc1cc(F)cc(C#N)c1OCC(=O)O. The molecule has 0 aromatic heterocycles. The van der Waals surface area contributed by atoms with Crippen molar-refractivity contribution in [3.63, 3.8) is 0 Å². The Bertz CT molecular complexity index is 453. The average molecular weight is 225 g/mol. The molecule has 0 amide bonds. The molecule has 0 saturated heterocycles. The number of methoxy groups -OCH3 is 1. The number of hydrogen-bond acceptors (Lipinski definition) is 4. The summed E-state index contributed by atoms with van der Waals surface area (Å²) < 4.78 is 22.6. The lowest BCUT2D eigenvalue weighted by Gasteiger charge is -2.10.